The Morgan fingerprint density at radius 2 is 1.91 bits per heavy atom. The number of furan rings is 1. The molecule has 0 unspecified atom stereocenters. The molecule has 0 spiro atoms. The summed E-state index contributed by atoms with van der Waals surface area (Å²) in [4.78, 5) is 18.2. The molecule has 0 saturated carbocycles. The Labute approximate surface area is 128 Å². The zero-order valence-electron chi connectivity index (χ0n) is 12.6. The van der Waals surface area contributed by atoms with E-state index in [2.05, 4.69) is 16.8 Å². The van der Waals surface area contributed by atoms with Crippen molar-refractivity contribution in [2.75, 3.05) is 56.2 Å². The van der Waals surface area contributed by atoms with E-state index in [9.17, 15) is 4.79 Å². The summed E-state index contributed by atoms with van der Waals surface area (Å²) in [5.74, 6) is 0. The van der Waals surface area contributed by atoms with E-state index in [1.807, 2.05) is 18.2 Å². The van der Waals surface area contributed by atoms with Crippen molar-refractivity contribution in [2.24, 2.45) is 0 Å². The van der Waals surface area contributed by atoms with Gasteiger partial charge in [-0.2, -0.15) is 0 Å². The Hall–Kier alpha value is -2.21. The van der Waals surface area contributed by atoms with Crippen molar-refractivity contribution in [3.05, 3.63) is 24.5 Å². The van der Waals surface area contributed by atoms with E-state index in [1.54, 1.807) is 11.2 Å². The normalized spacial score (nSPS) is 20.0. The van der Waals surface area contributed by atoms with Crippen molar-refractivity contribution in [1.82, 2.24) is 4.90 Å². The van der Waals surface area contributed by atoms with Gasteiger partial charge in [-0.1, -0.05) is 0 Å². The Morgan fingerprint density at radius 1 is 1.09 bits per heavy atom. The minimum Gasteiger partial charge on any atom is -0.462 e. The molecule has 0 atom stereocenters. The number of carbonyl (C=O) groups is 1. The molecule has 2 aromatic rings. The van der Waals surface area contributed by atoms with Crippen LogP contribution in [0, 0.1) is 0 Å². The molecule has 2 saturated heterocycles. The highest BCUT2D eigenvalue weighted by Gasteiger charge is 2.26. The topological polar surface area (TPSA) is 49.2 Å². The monoisotopic (exact) mass is 301 g/mol. The van der Waals surface area contributed by atoms with E-state index < -0.39 is 0 Å². The number of anilines is 2. The molecule has 2 aliphatic rings. The maximum Gasteiger partial charge on any atom is 0.414 e. The Bertz CT molecular complexity index is 704. The molecule has 6 nitrogen and oxygen atoms in total. The smallest absolute Gasteiger partial charge is 0.414 e. The average molecular weight is 301 g/mol. The Balaban J connectivity index is 1.75. The van der Waals surface area contributed by atoms with Gasteiger partial charge < -0.3 is 19.0 Å². The lowest BCUT2D eigenvalue weighted by Crippen LogP contribution is -2.44. The Kier molecular flexibility index (Phi) is 3.18. The summed E-state index contributed by atoms with van der Waals surface area (Å²) in [5, 5.41) is 1.02. The lowest BCUT2D eigenvalue weighted by molar-refractivity contribution is 0.181. The van der Waals surface area contributed by atoms with E-state index >= 15 is 0 Å². The predicted molar refractivity (Wildman–Crippen MR) is 84.6 cm³/mol. The van der Waals surface area contributed by atoms with E-state index in [1.165, 1.54) is 0 Å². The first kappa shape index (κ1) is 13.5. The van der Waals surface area contributed by atoms with Crippen LogP contribution in [0.4, 0.5) is 16.2 Å². The van der Waals surface area contributed by atoms with Gasteiger partial charge in [-0.05, 0) is 25.2 Å². The van der Waals surface area contributed by atoms with Crippen LogP contribution in [0.1, 0.15) is 0 Å². The van der Waals surface area contributed by atoms with E-state index in [0.29, 0.717) is 13.2 Å². The molecule has 2 fully saturated rings. The Morgan fingerprint density at radius 3 is 2.64 bits per heavy atom. The molecular formula is C16H19N3O3. The molecule has 0 bridgehead atoms. The van der Waals surface area contributed by atoms with Crippen LogP contribution in [0.25, 0.3) is 11.0 Å². The van der Waals surface area contributed by atoms with Crippen molar-refractivity contribution in [3.63, 3.8) is 0 Å². The maximum atomic E-state index is 11.8. The number of piperazine rings is 1. The summed E-state index contributed by atoms with van der Waals surface area (Å²) in [6, 6.07) is 5.98. The van der Waals surface area contributed by atoms with Crippen LogP contribution < -0.4 is 9.80 Å². The van der Waals surface area contributed by atoms with Crippen molar-refractivity contribution in [2.45, 2.75) is 0 Å². The van der Waals surface area contributed by atoms with Gasteiger partial charge in [0.2, 0.25) is 0 Å². The molecule has 0 N–H and O–H groups in total. The molecule has 0 radical (unpaired) electrons. The first-order chi connectivity index (χ1) is 10.7. The van der Waals surface area contributed by atoms with Gasteiger partial charge in [0.05, 0.1) is 24.2 Å². The molecule has 22 heavy (non-hydrogen) atoms. The van der Waals surface area contributed by atoms with Gasteiger partial charge in [0.1, 0.15) is 6.61 Å². The molecule has 1 aromatic heterocycles. The fourth-order valence-electron chi connectivity index (χ4n) is 3.11. The molecule has 1 aromatic carbocycles. The summed E-state index contributed by atoms with van der Waals surface area (Å²) < 4.78 is 10.7. The van der Waals surface area contributed by atoms with Crippen LogP contribution in [0.5, 0.6) is 0 Å². The van der Waals surface area contributed by atoms with E-state index in [-0.39, 0.29) is 6.09 Å². The SMILES string of the molecule is CN1CCN(c2cc(N3CCOC3=O)cc3ccoc23)CC1. The van der Waals surface area contributed by atoms with Crippen molar-refractivity contribution in [1.29, 1.82) is 0 Å². The molecule has 6 heteroatoms. The van der Waals surface area contributed by atoms with E-state index in [4.69, 9.17) is 9.15 Å². The third-order valence-corrected chi connectivity index (χ3v) is 4.43. The van der Waals surface area contributed by atoms with Crippen molar-refractivity contribution < 1.29 is 13.9 Å². The first-order valence-corrected chi connectivity index (χ1v) is 7.61. The van der Waals surface area contributed by atoms with Crippen LogP contribution in [0.2, 0.25) is 0 Å². The quantitative estimate of drug-likeness (QED) is 0.850. The summed E-state index contributed by atoms with van der Waals surface area (Å²) in [7, 11) is 2.14. The maximum absolute atomic E-state index is 11.8. The van der Waals surface area contributed by atoms with Crippen LogP contribution >= 0.6 is 0 Å². The van der Waals surface area contributed by atoms with E-state index in [0.717, 1.165) is 48.5 Å². The van der Waals surface area contributed by atoms with Crippen LogP contribution in [0.15, 0.2) is 28.9 Å². The second-order valence-electron chi connectivity index (χ2n) is 5.86. The summed E-state index contributed by atoms with van der Waals surface area (Å²) in [6.45, 7) is 5.02. The van der Waals surface area contributed by atoms with Crippen LogP contribution in [0.3, 0.4) is 0 Å². The molecule has 4 rings (SSSR count). The highest BCUT2D eigenvalue weighted by atomic mass is 16.6. The number of ether oxygens (including phenoxy) is 1. The second-order valence-corrected chi connectivity index (χ2v) is 5.86. The lowest BCUT2D eigenvalue weighted by Gasteiger charge is -2.34. The van der Waals surface area contributed by atoms with Gasteiger partial charge in [-0.25, -0.2) is 4.79 Å². The lowest BCUT2D eigenvalue weighted by atomic mass is 10.1. The summed E-state index contributed by atoms with van der Waals surface area (Å²) >= 11 is 0. The number of nitrogens with zero attached hydrogens (tertiary/aromatic N) is 3. The van der Waals surface area contributed by atoms with Gasteiger partial charge in [-0.15, -0.1) is 0 Å². The molecule has 116 valence electrons. The third kappa shape index (κ3) is 2.20. The number of fused-ring (bicyclic) bond motifs is 1. The van der Waals surface area contributed by atoms with Crippen LogP contribution in [-0.4, -0.2) is 57.4 Å². The molecule has 2 aliphatic heterocycles. The van der Waals surface area contributed by atoms with Gasteiger partial charge in [0, 0.05) is 31.6 Å². The fraction of sp³-hybridized carbons (Fsp3) is 0.438. The number of carbonyl (C=O) groups excluding carboxylic acids is 1. The molecule has 0 aliphatic carbocycles. The van der Waals surface area contributed by atoms with Gasteiger partial charge in [-0.3, -0.25) is 4.90 Å². The number of rotatable bonds is 2. The largest absolute Gasteiger partial charge is 0.462 e. The molecule has 1 amide bonds. The van der Waals surface area contributed by atoms with Crippen LogP contribution in [-0.2, 0) is 4.74 Å². The number of cyclic esters (lactones) is 1. The van der Waals surface area contributed by atoms with Gasteiger partial charge in [0.25, 0.3) is 0 Å². The standard InChI is InChI=1S/C16H19N3O3/c1-17-3-5-18(6-4-17)14-11-13(19-7-9-22-16(19)20)10-12-2-8-21-15(12)14/h2,8,10-11H,3-7,9H2,1H3. The average Bonchev–Trinajstić information content (AvgIpc) is 3.15. The van der Waals surface area contributed by atoms with Gasteiger partial charge >= 0.3 is 6.09 Å². The van der Waals surface area contributed by atoms with Crippen molar-refractivity contribution in [3.8, 4) is 0 Å². The minimum absolute atomic E-state index is 0.271. The van der Waals surface area contributed by atoms with Gasteiger partial charge in [0.15, 0.2) is 5.58 Å². The number of amides is 1. The summed E-state index contributed by atoms with van der Waals surface area (Å²) in [6.07, 6.45) is 1.43. The molecular weight excluding hydrogens is 282 g/mol. The number of benzene rings is 1. The number of likely N-dealkylation sites (N-methyl/N-ethyl adjacent to an activating group) is 1. The zero-order chi connectivity index (χ0) is 15.1. The number of hydrogen-bond donors (Lipinski definition) is 0. The highest BCUT2D eigenvalue weighted by Crippen LogP contribution is 2.34. The number of hydrogen-bond acceptors (Lipinski definition) is 5. The highest BCUT2D eigenvalue weighted by molar-refractivity contribution is 5.98. The predicted octanol–water partition coefficient (Wildman–Crippen LogP) is 2.14. The first-order valence-electron chi connectivity index (χ1n) is 7.61. The minimum atomic E-state index is -0.271. The summed E-state index contributed by atoms with van der Waals surface area (Å²) in [5.41, 5.74) is 2.83. The molecule has 3 heterocycles. The second kappa shape index (κ2) is 5.21. The van der Waals surface area contributed by atoms with Crippen molar-refractivity contribution >= 4 is 28.4 Å². The zero-order valence-corrected chi connectivity index (χ0v) is 12.6. The third-order valence-electron chi connectivity index (χ3n) is 4.43. The fourth-order valence-corrected chi connectivity index (χ4v) is 3.11.